The molecule has 0 bridgehead atoms. The van der Waals surface area contributed by atoms with Crippen molar-refractivity contribution in [3.05, 3.63) is 100 Å². The molecule has 0 spiro atoms. The average Bonchev–Trinajstić information content (AvgIpc) is 3.44. The van der Waals surface area contributed by atoms with Crippen LogP contribution in [0.15, 0.2) is 71.9 Å². The van der Waals surface area contributed by atoms with Crippen LogP contribution in [-0.4, -0.2) is 29.7 Å². The molecule has 2 aromatic carbocycles. The Hall–Kier alpha value is -4.00. The van der Waals surface area contributed by atoms with Crippen LogP contribution < -0.4 is 5.56 Å². The van der Waals surface area contributed by atoms with E-state index in [0.717, 1.165) is 28.2 Å². The predicted octanol–water partition coefficient (Wildman–Crippen LogP) is 3.46. The normalized spacial score (nSPS) is 11.2. The Labute approximate surface area is 172 Å². The van der Waals surface area contributed by atoms with Gasteiger partial charge in [0.2, 0.25) is 0 Å². The van der Waals surface area contributed by atoms with Gasteiger partial charge in [-0.25, -0.2) is 14.6 Å². The predicted molar refractivity (Wildman–Crippen MR) is 115 cm³/mol. The van der Waals surface area contributed by atoms with E-state index in [9.17, 15) is 4.79 Å². The van der Waals surface area contributed by atoms with Gasteiger partial charge in [-0.1, -0.05) is 48.0 Å². The van der Waals surface area contributed by atoms with E-state index >= 15 is 0 Å². The van der Waals surface area contributed by atoms with Crippen LogP contribution in [0.4, 0.5) is 0 Å². The van der Waals surface area contributed by atoms with E-state index in [1.807, 2.05) is 24.3 Å². The lowest BCUT2D eigenvalue weighted by Gasteiger charge is -2.09. The van der Waals surface area contributed by atoms with Crippen LogP contribution in [0.1, 0.15) is 22.9 Å². The number of nitrogens with one attached hydrogen (secondary N) is 2. The van der Waals surface area contributed by atoms with E-state index in [1.165, 1.54) is 10.2 Å². The maximum absolute atomic E-state index is 13.0. The minimum Gasteiger partial charge on any atom is -0.348 e. The third-order valence-corrected chi connectivity index (χ3v) is 5.12. The number of aromatic amines is 2. The van der Waals surface area contributed by atoms with Crippen molar-refractivity contribution in [1.29, 1.82) is 0 Å². The lowest BCUT2D eigenvalue weighted by atomic mass is 10.1. The molecule has 0 aliphatic carbocycles. The zero-order valence-corrected chi connectivity index (χ0v) is 16.5. The van der Waals surface area contributed by atoms with Crippen LogP contribution in [0.25, 0.3) is 22.0 Å². The van der Waals surface area contributed by atoms with Gasteiger partial charge >= 0.3 is 0 Å². The van der Waals surface area contributed by atoms with Crippen molar-refractivity contribution in [2.24, 2.45) is 0 Å². The van der Waals surface area contributed by atoms with Crippen LogP contribution in [0.2, 0.25) is 0 Å². The molecule has 0 atom stereocenters. The van der Waals surface area contributed by atoms with E-state index in [-0.39, 0.29) is 12.1 Å². The summed E-state index contributed by atoms with van der Waals surface area (Å²) in [6, 6.07) is 15.8. The van der Waals surface area contributed by atoms with Crippen LogP contribution >= 0.6 is 0 Å². The molecular weight excluding hydrogens is 376 g/mol. The fourth-order valence-corrected chi connectivity index (χ4v) is 3.56. The molecule has 7 nitrogen and oxygen atoms in total. The van der Waals surface area contributed by atoms with Crippen molar-refractivity contribution in [2.75, 3.05) is 0 Å². The second-order valence-corrected chi connectivity index (χ2v) is 7.28. The highest BCUT2D eigenvalue weighted by Gasteiger charge is 2.13. The SMILES string of the molecule is Cc1ccc(-c2cnc(Cn3nc(Cc4ncc[nH]4)c4ccccc4c3=O)[nH]2)cc1. The summed E-state index contributed by atoms with van der Waals surface area (Å²) in [7, 11) is 0. The molecular formula is C23H20N6O. The number of imidazole rings is 2. The number of hydrogen-bond acceptors (Lipinski definition) is 4. The van der Waals surface area contributed by atoms with Gasteiger partial charge in [-0.15, -0.1) is 0 Å². The topological polar surface area (TPSA) is 92.2 Å². The van der Waals surface area contributed by atoms with E-state index in [4.69, 9.17) is 0 Å². The minimum atomic E-state index is -0.137. The van der Waals surface area contributed by atoms with Crippen molar-refractivity contribution in [3.63, 3.8) is 0 Å². The molecule has 0 aliphatic rings. The van der Waals surface area contributed by atoms with Gasteiger partial charge in [0.05, 0.1) is 29.4 Å². The van der Waals surface area contributed by atoms with Crippen LogP contribution in [-0.2, 0) is 13.0 Å². The van der Waals surface area contributed by atoms with Gasteiger partial charge in [-0.2, -0.15) is 5.10 Å². The number of aryl methyl sites for hydroxylation is 1. The van der Waals surface area contributed by atoms with Gasteiger partial charge in [-0.3, -0.25) is 4.79 Å². The molecule has 2 N–H and O–H groups in total. The molecule has 0 saturated carbocycles. The highest BCUT2D eigenvalue weighted by atomic mass is 16.1. The third-order valence-electron chi connectivity index (χ3n) is 5.12. The standard InChI is InChI=1S/C23H20N6O/c1-15-6-8-16(9-7-15)20-13-26-22(27-20)14-29-23(30)18-5-3-2-4-17(18)19(28-29)12-21-24-10-11-25-21/h2-11,13H,12,14H2,1H3,(H,24,25)(H,26,27). The second-order valence-electron chi connectivity index (χ2n) is 7.28. The van der Waals surface area contributed by atoms with E-state index < -0.39 is 0 Å². The van der Waals surface area contributed by atoms with Crippen molar-refractivity contribution >= 4 is 10.8 Å². The molecule has 5 rings (SSSR count). The van der Waals surface area contributed by atoms with Crippen molar-refractivity contribution < 1.29 is 0 Å². The quantitative estimate of drug-likeness (QED) is 0.476. The van der Waals surface area contributed by atoms with Crippen LogP contribution in [0.5, 0.6) is 0 Å². The number of hydrogen-bond donors (Lipinski definition) is 2. The molecule has 0 fully saturated rings. The molecule has 7 heteroatoms. The molecule has 0 saturated heterocycles. The summed E-state index contributed by atoms with van der Waals surface area (Å²) in [5.41, 5.74) is 3.83. The number of benzene rings is 2. The lowest BCUT2D eigenvalue weighted by molar-refractivity contribution is 0.612. The zero-order chi connectivity index (χ0) is 20.5. The monoisotopic (exact) mass is 396 g/mol. The van der Waals surface area contributed by atoms with Gasteiger partial charge in [-0.05, 0) is 18.6 Å². The summed E-state index contributed by atoms with van der Waals surface area (Å²) in [4.78, 5) is 28.2. The van der Waals surface area contributed by atoms with Gasteiger partial charge in [0.1, 0.15) is 18.2 Å². The number of aromatic nitrogens is 6. The maximum atomic E-state index is 13.0. The molecule has 3 heterocycles. The van der Waals surface area contributed by atoms with E-state index in [1.54, 1.807) is 18.6 Å². The smallest absolute Gasteiger partial charge is 0.275 e. The Kier molecular flexibility index (Phi) is 4.48. The first-order chi connectivity index (χ1) is 14.7. The first-order valence-corrected chi connectivity index (χ1v) is 9.75. The highest BCUT2D eigenvalue weighted by molar-refractivity contribution is 5.83. The minimum absolute atomic E-state index is 0.137. The van der Waals surface area contributed by atoms with Crippen molar-refractivity contribution in [3.8, 4) is 11.3 Å². The fraction of sp³-hybridized carbons (Fsp3) is 0.130. The Balaban J connectivity index is 1.52. The zero-order valence-electron chi connectivity index (χ0n) is 16.5. The fourth-order valence-electron chi connectivity index (χ4n) is 3.56. The first kappa shape index (κ1) is 18.1. The Bertz CT molecular complexity index is 1360. The third kappa shape index (κ3) is 3.41. The Morgan fingerprint density at radius 3 is 2.53 bits per heavy atom. The summed E-state index contributed by atoms with van der Waals surface area (Å²) in [5.74, 6) is 1.48. The van der Waals surface area contributed by atoms with E-state index in [2.05, 4.69) is 56.2 Å². The Morgan fingerprint density at radius 1 is 0.967 bits per heavy atom. The molecule has 3 aromatic heterocycles. The number of rotatable bonds is 5. The second kappa shape index (κ2) is 7.44. The number of H-pyrrole nitrogens is 2. The molecule has 0 radical (unpaired) electrons. The van der Waals surface area contributed by atoms with Crippen LogP contribution in [0, 0.1) is 6.92 Å². The maximum Gasteiger partial charge on any atom is 0.275 e. The van der Waals surface area contributed by atoms with Gasteiger partial charge < -0.3 is 9.97 Å². The summed E-state index contributed by atoms with van der Waals surface area (Å²) >= 11 is 0. The van der Waals surface area contributed by atoms with Gasteiger partial charge in [0, 0.05) is 17.8 Å². The van der Waals surface area contributed by atoms with Gasteiger partial charge in [0.15, 0.2) is 0 Å². The van der Waals surface area contributed by atoms with Crippen molar-refractivity contribution in [2.45, 2.75) is 19.9 Å². The summed E-state index contributed by atoms with van der Waals surface area (Å²) in [5, 5.41) is 6.13. The Morgan fingerprint density at radius 2 is 1.77 bits per heavy atom. The largest absolute Gasteiger partial charge is 0.348 e. The summed E-state index contributed by atoms with van der Waals surface area (Å²) in [6.45, 7) is 2.32. The molecule has 148 valence electrons. The molecule has 5 aromatic rings. The lowest BCUT2D eigenvalue weighted by Crippen LogP contribution is -2.26. The first-order valence-electron chi connectivity index (χ1n) is 9.75. The molecule has 0 amide bonds. The number of nitrogens with zero attached hydrogens (tertiary/aromatic N) is 4. The highest BCUT2D eigenvalue weighted by Crippen LogP contribution is 2.19. The van der Waals surface area contributed by atoms with Crippen LogP contribution in [0.3, 0.4) is 0 Å². The van der Waals surface area contributed by atoms with Crippen molar-refractivity contribution in [1.82, 2.24) is 29.7 Å². The van der Waals surface area contributed by atoms with E-state index in [0.29, 0.717) is 17.6 Å². The average molecular weight is 396 g/mol. The molecule has 0 aliphatic heterocycles. The molecule has 0 unspecified atom stereocenters. The summed E-state index contributed by atoms with van der Waals surface area (Å²) < 4.78 is 1.47. The number of fused-ring (bicyclic) bond motifs is 1. The summed E-state index contributed by atoms with van der Waals surface area (Å²) in [6.07, 6.45) is 5.79. The molecule has 30 heavy (non-hydrogen) atoms. The van der Waals surface area contributed by atoms with Gasteiger partial charge in [0.25, 0.3) is 5.56 Å².